The molecule has 0 radical (unpaired) electrons. The number of thiazole rings is 1. The van der Waals surface area contributed by atoms with Gasteiger partial charge in [-0.3, -0.25) is 18.9 Å². The zero-order chi connectivity index (χ0) is 22.6. The van der Waals surface area contributed by atoms with Crippen molar-refractivity contribution in [3.05, 3.63) is 11.1 Å². The van der Waals surface area contributed by atoms with Crippen LogP contribution in [0.1, 0.15) is 19.5 Å². The van der Waals surface area contributed by atoms with Crippen LogP contribution in [0.15, 0.2) is 10.5 Å². The molecule has 2 heterocycles. The molecular formula is C14H18ClN5O7S3. The number of nitrogens with zero attached hydrogens (tertiary/aromatic N) is 3. The molecular weight excluding hydrogens is 482 g/mol. The van der Waals surface area contributed by atoms with Crippen LogP contribution in [-0.2, 0) is 29.5 Å². The van der Waals surface area contributed by atoms with Crippen LogP contribution >= 0.6 is 34.7 Å². The molecule has 12 nitrogen and oxygen atoms in total. The van der Waals surface area contributed by atoms with Gasteiger partial charge in [0.15, 0.2) is 10.8 Å². The van der Waals surface area contributed by atoms with Crippen molar-refractivity contribution in [1.29, 1.82) is 0 Å². The van der Waals surface area contributed by atoms with Gasteiger partial charge in [0.25, 0.3) is 11.8 Å². The fourth-order valence-electron chi connectivity index (χ4n) is 2.33. The Balaban J connectivity index is 2.21. The predicted molar refractivity (Wildman–Crippen MR) is 112 cm³/mol. The quantitative estimate of drug-likeness (QED) is 0.142. The molecule has 2 atom stereocenters. The van der Waals surface area contributed by atoms with Gasteiger partial charge in [0.1, 0.15) is 30.1 Å². The van der Waals surface area contributed by atoms with E-state index in [1.165, 1.54) is 12.5 Å². The van der Waals surface area contributed by atoms with Gasteiger partial charge in [-0.1, -0.05) is 19.0 Å². The van der Waals surface area contributed by atoms with E-state index in [4.69, 9.17) is 11.6 Å². The molecule has 1 fully saturated rings. The van der Waals surface area contributed by atoms with E-state index in [2.05, 4.69) is 25.6 Å². The Morgan fingerprint density at radius 3 is 2.70 bits per heavy atom. The maximum Gasteiger partial charge on any atom is 0.363 e. The zero-order valence-electron chi connectivity index (χ0n) is 15.9. The van der Waals surface area contributed by atoms with Crippen molar-refractivity contribution >= 4 is 73.6 Å². The number of aromatic nitrogens is 1. The molecule has 166 valence electrons. The molecule has 1 saturated heterocycles. The molecule has 0 spiro atoms. The number of rotatable bonds is 9. The molecule has 3 amide bonds. The second-order valence-electron chi connectivity index (χ2n) is 5.98. The molecule has 3 N–H and O–H groups in total. The number of hydrogen-bond donors (Lipinski definition) is 3. The van der Waals surface area contributed by atoms with Crippen LogP contribution in [0.5, 0.6) is 0 Å². The van der Waals surface area contributed by atoms with E-state index in [1.807, 2.05) is 0 Å². The summed E-state index contributed by atoms with van der Waals surface area (Å²) >= 11 is 7.49. The number of nitrogens with one attached hydrogen (secondary N) is 2. The van der Waals surface area contributed by atoms with Crippen molar-refractivity contribution in [3.8, 4) is 0 Å². The van der Waals surface area contributed by atoms with Gasteiger partial charge in [-0.2, -0.15) is 12.7 Å². The minimum atomic E-state index is -4.78. The largest absolute Gasteiger partial charge is 0.398 e. The van der Waals surface area contributed by atoms with Crippen LogP contribution in [0.3, 0.4) is 0 Å². The van der Waals surface area contributed by atoms with Crippen LogP contribution in [0, 0.1) is 0 Å². The van der Waals surface area contributed by atoms with E-state index < -0.39 is 39.4 Å². The lowest BCUT2D eigenvalue weighted by Gasteiger charge is -2.44. The molecule has 1 aromatic heterocycles. The number of anilines is 1. The summed E-state index contributed by atoms with van der Waals surface area (Å²) in [6.45, 7) is 3.52. The summed E-state index contributed by atoms with van der Waals surface area (Å²) < 4.78 is 32.5. The first kappa shape index (κ1) is 24.3. The van der Waals surface area contributed by atoms with E-state index in [9.17, 15) is 27.4 Å². The Bertz CT molecular complexity index is 965. The molecule has 16 heteroatoms. The lowest BCUT2D eigenvalue weighted by atomic mass is 10.1. The molecule has 2 rings (SSSR count). The minimum Gasteiger partial charge on any atom is -0.398 e. The van der Waals surface area contributed by atoms with Gasteiger partial charge in [0.05, 0.1) is 0 Å². The third-order valence-electron chi connectivity index (χ3n) is 3.46. The van der Waals surface area contributed by atoms with Crippen molar-refractivity contribution < 1.29 is 32.2 Å². The monoisotopic (exact) mass is 499 g/mol. The Hall–Kier alpha value is -1.94. The molecule has 30 heavy (non-hydrogen) atoms. The molecule has 1 aliphatic rings. The Morgan fingerprint density at radius 2 is 2.17 bits per heavy atom. The normalized spacial score (nSPS) is 19.5. The lowest BCUT2D eigenvalue weighted by molar-refractivity contribution is -0.141. The smallest absolute Gasteiger partial charge is 0.363 e. The van der Waals surface area contributed by atoms with Gasteiger partial charge in [0.2, 0.25) is 5.91 Å². The van der Waals surface area contributed by atoms with Crippen molar-refractivity contribution in [2.45, 2.75) is 30.5 Å². The molecule has 0 unspecified atom stereocenters. The first-order chi connectivity index (χ1) is 14.0. The number of hydrogen-bond acceptors (Lipinski definition) is 10. The van der Waals surface area contributed by atoms with E-state index >= 15 is 0 Å². The highest BCUT2D eigenvalue weighted by Crippen LogP contribution is 2.34. The number of halogens is 1. The number of carbonyl (C=O) groups excluding carboxylic acids is 3. The number of amides is 3. The maximum atomic E-state index is 12.7. The first-order valence-corrected chi connectivity index (χ1v) is 11.9. The third kappa shape index (κ3) is 5.60. The summed E-state index contributed by atoms with van der Waals surface area (Å²) in [4.78, 5) is 45.0. The summed E-state index contributed by atoms with van der Waals surface area (Å²) in [6, 6.07) is -1.22. The number of oxime groups is 1. The predicted octanol–water partition coefficient (Wildman–Crippen LogP) is 0.268. The molecule has 0 bridgehead atoms. The number of alkyl halides is 1. The van der Waals surface area contributed by atoms with Crippen molar-refractivity contribution in [1.82, 2.24) is 14.6 Å². The second kappa shape index (κ2) is 9.91. The van der Waals surface area contributed by atoms with E-state index in [1.54, 1.807) is 13.8 Å². The van der Waals surface area contributed by atoms with Gasteiger partial charge < -0.3 is 15.5 Å². The third-order valence-corrected chi connectivity index (χ3v) is 6.80. The molecule has 0 aliphatic carbocycles. The highest BCUT2D eigenvalue weighted by atomic mass is 35.5. The highest BCUT2D eigenvalue weighted by Gasteiger charge is 2.54. The van der Waals surface area contributed by atoms with Crippen molar-refractivity contribution in [2.75, 3.05) is 18.3 Å². The highest BCUT2D eigenvalue weighted by molar-refractivity contribution is 8.01. The standard InChI is InChI=1S/C14H18ClN5O7S3/c1-6(2)29-13-10(12(23)20(13)30(24,25)26)18-11(22)9(19-27-3)7-5-28-14(16-7)17-8(21)4-15/h5-6,10,13H,4H2,1-3H3,(H,18,22)(H,16,17,21)(H,24,25,26)/t10-,13+/m1/s1. The average molecular weight is 500 g/mol. The van der Waals surface area contributed by atoms with Crippen LogP contribution < -0.4 is 10.6 Å². The van der Waals surface area contributed by atoms with Gasteiger partial charge in [0, 0.05) is 10.6 Å². The summed E-state index contributed by atoms with van der Waals surface area (Å²) in [5.74, 6) is -2.63. The minimum absolute atomic E-state index is 0.0516. The second-order valence-corrected chi connectivity index (χ2v) is 10.1. The van der Waals surface area contributed by atoms with Gasteiger partial charge in [-0.15, -0.1) is 34.7 Å². The fourth-order valence-corrected chi connectivity index (χ4v) is 5.42. The Labute approximate surface area is 185 Å². The van der Waals surface area contributed by atoms with Gasteiger partial charge >= 0.3 is 10.3 Å². The van der Waals surface area contributed by atoms with Crippen LogP contribution in [-0.4, -0.2) is 75.3 Å². The zero-order valence-corrected chi connectivity index (χ0v) is 19.1. The number of thioether (sulfide) groups is 1. The van der Waals surface area contributed by atoms with E-state index in [0.717, 1.165) is 23.1 Å². The van der Waals surface area contributed by atoms with E-state index in [0.29, 0.717) is 4.31 Å². The van der Waals surface area contributed by atoms with Crippen molar-refractivity contribution in [3.63, 3.8) is 0 Å². The molecule has 1 aromatic rings. The van der Waals surface area contributed by atoms with Crippen LogP contribution in [0.2, 0.25) is 0 Å². The summed E-state index contributed by atoms with van der Waals surface area (Å²) in [5.41, 5.74) is -0.248. The molecule has 1 aliphatic heterocycles. The Kier molecular flexibility index (Phi) is 8.04. The fraction of sp³-hybridized carbons (Fsp3) is 0.500. The van der Waals surface area contributed by atoms with Gasteiger partial charge in [-0.25, -0.2) is 4.98 Å². The lowest BCUT2D eigenvalue weighted by Crippen LogP contribution is -2.71. The average Bonchev–Trinajstić information content (AvgIpc) is 3.09. The topological polar surface area (TPSA) is 167 Å². The summed E-state index contributed by atoms with van der Waals surface area (Å²) in [7, 11) is -3.58. The van der Waals surface area contributed by atoms with Crippen molar-refractivity contribution in [2.24, 2.45) is 5.16 Å². The van der Waals surface area contributed by atoms with Crippen LogP contribution in [0.4, 0.5) is 5.13 Å². The first-order valence-electron chi connectivity index (χ1n) is 8.19. The number of carbonyl (C=O) groups is 3. The maximum absolute atomic E-state index is 12.7. The number of β-lactam (4-membered cyclic amide) rings is 1. The molecule has 0 saturated carbocycles. The summed E-state index contributed by atoms with van der Waals surface area (Å²) in [5, 5.41) is 8.87. The van der Waals surface area contributed by atoms with Gasteiger partial charge in [-0.05, 0) is 0 Å². The summed E-state index contributed by atoms with van der Waals surface area (Å²) in [6.07, 6.45) is 0. The SMILES string of the molecule is CON=C(C(=O)N[C@@H]1C(=O)N(S(=O)(=O)O)[C@H]1SC(C)C)c1csc(NC(=O)CCl)n1. The van der Waals surface area contributed by atoms with Crippen LogP contribution in [0.25, 0.3) is 0 Å². The van der Waals surface area contributed by atoms with E-state index in [-0.39, 0.29) is 27.7 Å². The molecule has 0 aromatic carbocycles. The Morgan fingerprint density at radius 1 is 1.50 bits per heavy atom.